The van der Waals surface area contributed by atoms with E-state index >= 15 is 0 Å². The molecule has 1 fully saturated rings. The fraction of sp³-hybridized carbons (Fsp3) is 0.529. The highest BCUT2D eigenvalue weighted by Crippen LogP contribution is 2.27. The van der Waals surface area contributed by atoms with Crippen LogP contribution >= 0.6 is 0 Å². The lowest BCUT2D eigenvalue weighted by molar-refractivity contribution is -0.132. The number of hydrogen-bond acceptors (Lipinski definition) is 6. The third-order valence-corrected chi connectivity index (χ3v) is 4.23. The van der Waals surface area contributed by atoms with Crippen LogP contribution in [0.1, 0.15) is 6.92 Å². The molecule has 0 saturated carbocycles. The number of halogens is 3. The first-order chi connectivity index (χ1) is 13.4. The highest BCUT2D eigenvalue weighted by molar-refractivity contribution is 5.90. The highest BCUT2D eigenvalue weighted by Gasteiger charge is 2.33. The molecular formula is C17H24F3N5O3. The Bertz CT molecular complexity index is 692. The minimum atomic E-state index is -3.14. The number of ether oxygens (including phenoxy) is 1. The number of anilines is 2. The summed E-state index contributed by atoms with van der Waals surface area (Å²) in [5.41, 5.74) is 6.42. The van der Waals surface area contributed by atoms with Crippen LogP contribution in [0.25, 0.3) is 0 Å². The average molecular weight is 403 g/mol. The lowest BCUT2D eigenvalue weighted by Crippen LogP contribution is -2.37. The Morgan fingerprint density at radius 2 is 2.18 bits per heavy atom. The van der Waals surface area contributed by atoms with Gasteiger partial charge >= 0.3 is 12.5 Å². The number of alkyl halides is 2. The minimum Gasteiger partial charge on any atom is -0.442 e. The second-order valence-corrected chi connectivity index (χ2v) is 6.05. The van der Waals surface area contributed by atoms with Crippen molar-refractivity contribution in [3.8, 4) is 0 Å². The third kappa shape index (κ3) is 5.49. The maximum Gasteiger partial charge on any atom is 0.414 e. The molecule has 11 heteroatoms. The van der Waals surface area contributed by atoms with Crippen LogP contribution in [0.2, 0.25) is 0 Å². The minimum absolute atomic E-state index is 0.0186. The molecule has 0 bridgehead atoms. The van der Waals surface area contributed by atoms with Crippen molar-refractivity contribution in [3.63, 3.8) is 0 Å². The lowest BCUT2D eigenvalue weighted by atomic mass is 10.2. The van der Waals surface area contributed by atoms with Gasteiger partial charge in [0.2, 0.25) is 0 Å². The van der Waals surface area contributed by atoms with Gasteiger partial charge in [0.25, 0.3) is 5.91 Å². The summed E-state index contributed by atoms with van der Waals surface area (Å²) in [4.78, 5) is 26.0. The molecule has 156 valence electrons. The number of likely N-dealkylation sites (N-methyl/N-ethyl adjacent to an activating group) is 1. The van der Waals surface area contributed by atoms with E-state index in [0.717, 1.165) is 0 Å². The van der Waals surface area contributed by atoms with Crippen molar-refractivity contribution < 1.29 is 27.5 Å². The normalized spacial score (nSPS) is 16.4. The average Bonchev–Trinajstić information content (AvgIpc) is 3.04. The zero-order valence-electron chi connectivity index (χ0n) is 15.7. The number of carbonyl (C=O) groups excluding carboxylic acids is 2. The van der Waals surface area contributed by atoms with Crippen LogP contribution in [-0.2, 0) is 9.53 Å². The van der Waals surface area contributed by atoms with Gasteiger partial charge in [0.05, 0.1) is 24.5 Å². The summed E-state index contributed by atoms with van der Waals surface area (Å²) in [6.07, 6.45) is -4.66. The molecule has 0 radical (unpaired) electrons. The summed E-state index contributed by atoms with van der Waals surface area (Å²) in [6, 6.07) is 4.39. The molecule has 28 heavy (non-hydrogen) atoms. The Morgan fingerprint density at radius 1 is 1.43 bits per heavy atom. The van der Waals surface area contributed by atoms with Gasteiger partial charge < -0.3 is 15.0 Å². The number of carbonyl (C=O) groups is 2. The molecule has 1 atom stereocenters. The van der Waals surface area contributed by atoms with E-state index in [1.54, 1.807) is 19.2 Å². The first kappa shape index (κ1) is 21.8. The van der Waals surface area contributed by atoms with Gasteiger partial charge in [-0.2, -0.15) is 8.78 Å². The van der Waals surface area contributed by atoms with Crippen molar-refractivity contribution in [3.05, 3.63) is 24.0 Å². The molecule has 3 N–H and O–H groups in total. The van der Waals surface area contributed by atoms with Crippen molar-refractivity contribution >= 4 is 23.4 Å². The zero-order chi connectivity index (χ0) is 20.7. The molecule has 1 saturated heterocycles. The molecule has 8 nitrogen and oxygen atoms in total. The molecule has 1 aromatic rings. The Morgan fingerprint density at radius 3 is 2.79 bits per heavy atom. The molecule has 0 spiro atoms. The summed E-state index contributed by atoms with van der Waals surface area (Å²) in [6.45, 7) is 3.46. The van der Waals surface area contributed by atoms with Gasteiger partial charge in [0.15, 0.2) is 0 Å². The van der Waals surface area contributed by atoms with E-state index in [1.165, 1.54) is 11.0 Å². The lowest BCUT2D eigenvalue weighted by Gasteiger charge is -2.24. The van der Waals surface area contributed by atoms with Crippen LogP contribution in [-0.4, -0.2) is 64.3 Å². The SMILES string of the molecule is CCN(CCNNC)c1ccc(N2C[C@H](CNC(=O)C(F)F)OC2=O)cc1F. The summed E-state index contributed by atoms with van der Waals surface area (Å²) >= 11 is 0. The Kier molecular flexibility index (Phi) is 7.88. The topological polar surface area (TPSA) is 85.9 Å². The van der Waals surface area contributed by atoms with E-state index in [0.29, 0.717) is 31.0 Å². The van der Waals surface area contributed by atoms with Crippen LogP contribution < -0.4 is 26.0 Å². The second-order valence-electron chi connectivity index (χ2n) is 6.05. The number of amides is 2. The van der Waals surface area contributed by atoms with Gasteiger partial charge in [-0.05, 0) is 32.2 Å². The number of hydrogen-bond donors (Lipinski definition) is 3. The van der Waals surface area contributed by atoms with Crippen LogP contribution in [0.3, 0.4) is 0 Å². The molecular weight excluding hydrogens is 379 g/mol. The van der Waals surface area contributed by atoms with E-state index in [1.807, 2.05) is 17.1 Å². The predicted octanol–water partition coefficient (Wildman–Crippen LogP) is 1.08. The quantitative estimate of drug-likeness (QED) is 0.401. The molecule has 1 aromatic carbocycles. The van der Waals surface area contributed by atoms with Crippen molar-refractivity contribution in [2.24, 2.45) is 0 Å². The number of cyclic esters (lactones) is 1. The number of benzene rings is 1. The molecule has 2 rings (SSSR count). The summed E-state index contributed by atoms with van der Waals surface area (Å²) < 4.78 is 44.1. The molecule has 1 aliphatic heterocycles. The zero-order valence-corrected chi connectivity index (χ0v) is 15.7. The van der Waals surface area contributed by atoms with E-state index in [2.05, 4.69) is 10.9 Å². The summed E-state index contributed by atoms with van der Waals surface area (Å²) in [5.74, 6) is -1.93. The number of rotatable bonds is 10. The van der Waals surface area contributed by atoms with Gasteiger partial charge in [-0.3, -0.25) is 20.5 Å². The van der Waals surface area contributed by atoms with E-state index < -0.39 is 30.3 Å². The Hall–Kier alpha value is -2.53. The monoisotopic (exact) mass is 403 g/mol. The van der Waals surface area contributed by atoms with Crippen LogP contribution in [0.4, 0.5) is 29.3 Å². The van der Waals surface area contributed by atoms with Crippen molar-refractivity contribution in [1.29, 1.82) is 0 Å². The maximum atomic E-state index is 14.6. The van der Waals surface area contributed by atoms with Gasteiger partial charge in [-0.15, -0.1) is 0 Å². The fourth-order valence-electron chi connectivity index (χ4n) is 2.82. The third-order valence-electron chi connectivity index (χ3n) is 4.23. The summed E-state index contributed by atoms with van der Waals surface area (Å²) in [5, 5.41) is 2.00. The predicted molar refractivity (Wildman–Crippen MR) is 98.0 cm³/mol. The largest absolute Gasteiger partial charge is 0.442 e. The van der Waals surface area contributed by atoms with E-state index in [9.17, 15) is 22.8 Å². The molecule has 0 unspecified atom stereocenters. The molecule has 0 aliphatic carbocycles. The molecule has 0 aromatic heterocycles. The van der Waals surface area contributed by atoms with Crippen molar-refractivity contribution in [1.82, 2.24) is 16.2 Å². The van der Waals surface area contributed by atoms with Gasteiger partial charge in [0, 0.05) is 19.6 Å². The first-order valence-electron chi connectivity index (χ1n) is 8.85. The first-order valence-corrected chi connectivity index (χ1v) is 8.85. The highest BCUT2D eigenvalue weighted by atomic mass is 19.3. The van der Waals surface area contributed by atoms with Crippen molar-refractivity contribution in [2.45, 2.75) is 19.5 Å². The Balaban J connectivity index is 2.02. The second kappa shape index (κ2) is 10.1. The standard InChI is InChI=1S/C17H24F3N5O3/c1-3-24(7-6-23-21-2)14-5-4-11(8-13(14)18)25-10-12(28-17(25)27)9-22-16(26)15(19)20/h4-5,8,12,15,21,23H,3,6-7,9-10H2,1-2H3,(H,22,26)/t12-/m0/s1. The number of nitrogens with zero attached hydrogens (tertiary/aromatic N) is 2. The fourth-order valence-corrected chi connectivity index (χ4v) is 2.82. The van der Waals surface area contributed by atoms with Crippen molar-refractivity contribution in [2.75, 3.05) is 49.6 Å². The van der Waals surface area contributed by atoms with Gasteiger partial charge in [-0.1, -0.05) is 0 Å². The summed E-state index contributed by atoms with van der Waals surface area (Å²) in [7, 11) is 1.74. The molecule has 1 heterocycles. The van der Waals surface area contributed by atoms with Gasteiger partial charge in [0.1, 0.15) is 11.9 Å². The van der Waals surface area contributed by atoms with Crippen LogP contribution in [0.5, 0.6) is 0 Å². The van der Waals surface area contributed by atoms with Crippen LogP contribution in [0, 0.1) is 5.82 Å². The maximum absolute atomic E-state index is 14.6. The number of nitrogens with one attached hydrogen (secondary N) is 3. The van der Waals surface area contributed by atoms with Crippen LogP contribution in [0.15, 0.2) is 18.2 Å². The van der Waals surface area contributed by atoms with E-state index in [-0.39, 0.29) is 13.1 Å². The molecule has 2 amide bonds. The molecule has 1 aliphatic rings. The Labute approximate surface area is 161 Å². The van der Waals surface area contributed by atoms with E-state index in [4.69, 9.17) is 4.74 Å². The number of hydrazine groups is 1. The smallest absolute Gasteiger partial charge is 0.414 e. The van der Waals surface area contributed by atoms with Gasteiger partial charge in [-0.25, -0.2) is 9.18 Å².